The average molecular weight is 904 g/mol. The summed E-state index contributed by atoms with van der Waals surface area (Å²) in [5.41, 5.74) is 1.09. The Balaban J connectivity index is 2.61. The molecule has 0 saturated heterocycles. The molecule has 340 valence electrons. The van der Waals surface area contributed by atoms with Gasteiger partial charge in [0.2, 0.25) is 17.7 Å². The van der Waals surface area contributed by atoms with Crippen molar-refractivity contribution in [1.82, 2.24) is 37.2 Å². The molecule has 0 aliphatic carbocycles. The van der Waals surface area contributed by atoms with Gasteiger partial charge < -0.3 is 67.5 Å². The Hall–Kier alpha value is -5.82. The number of carboxylic acids is 5. The lowest BCUT2D eigenvalue weighted by atomic mass is 10.1. The van der Waals surface area contributed by atoms with Gasteiger partial charge in [-0.3, -0.25) is 28.8 Å². The van der Waals surface area contributed by atoms with Gasteiger partial charge in [-0.25, -0.2) is 19.2 Å². The van der Waals surface area contributed by atoms with E-state index in [1.54, 1.807) is 38.3 Å². The number of carboxylic acid groups (broad SMARTS) is 5. The molecule has 0 radical (unpaired) electrons. The van der Waals surface area contributed by atoms with Crippen LogP contribution < -0.4 is 37.2 Å². The van der Waals surface area contributed by atoms with Gasteiger partial charge in [0.1, 0.15) is 24.2 Å². The monoisotopic (exact) mass is 903 g/mol. The van der Waals surface area contributed by atoms with Crippen molar-refractivity contribution in [3.05, 3.63) is 35.4 Å². The summed E-state index contributed by atoms with van der Waals surface area (Å²) >= 11 is 0. The van der Waals surface area contributed by atoms with Gasteiger partial charge in [-0.1, -0.05) is 45.9 Å². The van der Waals surface area contributed by atoms with Gasteiger partial charge in [0.15, 0.2) is 0 Å². The third kappa shape index (κ3) is 24.8. The van der Waals surface area contributed by atoms with Crippen LogP contribution in [0.2, 0.25) is 0 Å². The van der Waals surface area contributed by atoms with E-state index in [0.29, 0.717) is 35.7 Å². The maximum absolute atomic E-state index is 13.1. The third-order valence-electron chi connectivity index (χ3n) is 8.10. The van der Waals surface area contributed by atoms with Gasteiger partial charge in [0.05, 0.1) is 25.9 Å². The Morgan fingerprint density at radius 3 is 1.74 bits per heavy atom. The molecule has 0 spiro atoms. The predicted octanol–water partition coefficient (Wildman–Crippen LogP) is -0.279. The van der Waals surface area contributed by atoms with Crippen LogP contribution >= 0.6 is 21.6 Å². The van der Waals surface area contributed by atoms with Gasteiger partial charge in [-0.05, 0) is 43.7 Å². The second kappa shape index (κ2) is 29.4. The van der Waals surface area contributed by atoms with Crippen LogP contribution in [0.5, 0.6) is 0 Å². The van der Waals surface area contributed by atoms with Crippen molar-refractivity contribution < 1.29 is 78.2 Å². The van der Waals surface area contributed by atoms with Crippen LogP contribution in [0.15, 0.2) is 24.3 Å². The first-order valence-corrected chi connectivity index (χ1v) is 21.2. The first kappa shape index (κ1) is 53.2. The fourth-order valence-electron chi connectivity index (χ4n) is 5.02. The molecular weight excluding hydrogens is 851 g/mol. The largest absolute Gasteiger partial charge is 0.481 e. The quantitative estimate of drug-likeness (QED) is 0.0337. The second-order valence-corrected chi connectivity index (χ2v) is 15.9. The maximum Gasteiger partial charge on any atom is 0.326 e. The molecule has 0 heterocycles. The van der Waals surface area contributed by atoms with Gasteiger partial charge in [-0.15, -0.1) is 0 Å². The fraction of sp³-hybridized carbons (Fsp3) is 0.556. The van der Waals surface area contributed by atoms with Crippen molar-refractivity contribution in [3.63, 3.8) is 0 Å². The zero-order valence-electron chi connectivity index (χ0n) is 33.4. The van der Waals surface area contributed by atoms with Crippen molar-refractivity contribution in [3.8, 4) is 0 Å². The summed E-state index contributed by atoms with van der Waals surface area (Å²) in [5, 5.41) is 62.6. The Kier molecular flexibility index (Phi) is 25.6. The molecule has 0 saturated carbocycles. The molecular formula is C36H53N7O16S2. The summed E-state index contributed by atoms with van der Waals surface area (Å²) in [5.74, 6) is -8.41. The lowest BCUT2D eigenvalue weighted by Gasteiger charge is -2.23. The van der Waals surface area contributed by atoms with E-state index in [1.807, 2.05) is 5.32 Å². The van der Waals surface area contributed by atoms with Crippen molar-refractivity contribution in [1.29, 1.82) is 0 Å². The van der Waals surface area contributed by atoms with Crippen molar-refractivity contribution >= 4 is 81.2 Å². The molecule has 0 aromatic heterocycles. The minimum absolute atomic E-state index is 0.0578. The zero-order chi connectivity index (χ0) is 45.9. The van der Waals surface area contributed by atoms with Crippen molar-refractivity contribution in [2.24, 2.45) is 0 Å². The van der Waals surface area contributed by atoms with Crippen LogP contribution in [0.25, 0.3) is 0 Å². The van der Waals surface area contributed by atoms with E-state index in [4.69, 9.17) is 14.9 Å². The number of unbranched alkanes of at least 4 members (excludes halogenated alkanes) is 1. The number of hydrogen-bond acceptors (Lipinski definition) is 13. The zero-order valence-corrected chi connectivity index (χ0v) is 35.1. The number of nitrogens with one attached hydrogen (secondary N) is 7. The molecule has 1 aromatic rings. The van der Waals surface area contributed by atoms with E-state index in [0.717, 1.165) is 0 Å². The normalized spacial score (nSPS) is 13.1. The molecule has 0 aliphatic rings. The number of amides is 7. The van der Waals surface area contributed by atoms with Crippen molar-refractivity contribution in [2.45, 2.75) is 95.0 Å². The van der Waals surface area contributed by atoms with Crippen LogP contribution in [0, 0.1) is 0 Å². The van der Waals surface area contributed by atoms with E-state index in [-0.39, 0.29) is 32.4 Å². The molecule has 0 fully saturated rings. The second-order valence-electron chi connectivity index (χ2n) is 13.3. The highest BCUT2D eigenvalue weighted by atomic mass is 33.1. The highest BCUT2D eigenvalue weighted by molar-refractivity contribution is 8.76. The Bertz CT molecular complexity index is 1670. The van der Waals surface area contributed by atoms with Crippen molar-refractivity contribution in [2.75, 3.05) is 31.8 Å². The van der Waals surface area contributed by atoms with Crippen LogP contribution in [-0.4, -0.2) is 147 Å². The van der Waals surface area contributed by atoms with Gasteiger partial charge >= 0.3 is 41.9 Å². The smallest absolute Gasteiger partial charge is 0.326 e. The molecule has 1 aromatic carbocycles. The average Bonchev–Trinajstić information content (AvgIpc) is 3.17. The fourth-order valence-corrected chi connectivity index (χ4v) is 7.21. The highest BCUT2D eigenvalue weighted by Crippen LogP contribution is 2.21. The number of methoxy groups -OCH3 is 1. The molecule has 0 aliphatic heterocycles. The predicted molar refractivity (Wildman–Crippen MR) is 218 cm³/mol. The minimum atomic E-state index is -1.64. The number of carbonyl (C=O) groups excluding carboxylic acids is 5. The summed E-state index contributed by atoms with van der Waals surface area (Å²) in [4.78, 5) is 120. The molecule has 1 rings (SSSR count). The third-order valence-corrected chi connectivity index (χ3v) is 10.6. The summed E-state index contributed by atoms with van der Waals surface area (Å²) in [6.45, 7) is 2.43. The number of carbonyl (C=O) groups is 10. The van der Waals surface area contributed by atoms with E-state index in [9.17, 15) is 63.3 Å². The maximum atomic E-state index is 13.1. The summed E-state index contributed by atoms with van der Waals surface area (Å²) in [6.07, 6.45) is -2.37. The lowest BCUT2D eigenvalue weighted by Crippen LogP contribution is -2.56. The van der Waals surface area contributed by atoms with E-state index in [1.165, 1.54) is 21.6 Å². The Morgan fingerprint density at radius 2 is 1.18 bits per heavy atom. The molecule has 5 atom stereocenters. The number of hydrogen-bond donors (Lipinski definition) is 12. The van der Waals surface area contributed by atoms with Crippen LogP contribution in [0.1, 0.15) is 63.0 Å². The molecule has 0 bridgehead atoms. The topological polar surface area (TPSA) is 365 Å². The SMILES string of the molecule is COCCSSC[C@@H](C)NC(=O)[C@H](CC(=O)O)NC(=O)[C@H](CC(=O)O)NC(=O)Cc1ccc(CNC(=O)NCCCC[C@H](NC(=O)N[C@@H](CCC(=O)O)C(=O)O)C(=O)O)cc1. The van der Waals surface area contributed by atoms with Gasteiger partial charge in [0.25, 0.3) is 0 Å². The van der Waals surface area contributed by atoms with E-state index in [2.05, 4.69) is 31.9 Å². The number of benzene rings is 1. The number of urea groups is 2. The molecule has 23 nitrogen and oxygen atoms in total. The summed E-state index contributed by atoms with van der Waals surface area (Å²) in [6, 6.07) is -1.83. The number of aliphatic carboxylic acids is 5. The molecule has 12 N–H and O–H groups in total. The molecule has 7 amide bonds. The Morgan fingerprint density at radius 1 is 0.623 bits per heavy atom. The number of ether oxygens (including phenoxy) is 1. The standard InChI is InChI=1S/C36H53N7O16S2/c1-20(19-61-60-14-13-59-2)39-31(51)26(17-30(49)50)41-32(52)25(16-29(47)48)40-27(44)15-21-6-8-22(9-7-21)18-38-35(57)37-12-4-3-5-23(33(53)54)42-36(58)43-24(34(55)56)10-11-28(45)46/h6-9,20,23-26H,3-5,10-19H2,1-2H3,(H,39,51)(H,40,44)(H,41,52)(H,45,46)(H,47,48)(H,49,50)(H,53,54)(H,55,56)(H2,37,38,57)(H2,42,43,58)/t20-,23+,24+,25+,26+/m1/s1. The van der Waals surface area contributed by atoms with Gasteiger partial charge in [0, 0.05) is 44.2 Å². The van der Waals surface area contributed by atoms with E-state index < -0.39 is 116 Å². The number of rotatable bonds is 31. The minimum Gasteiger partial charge on any atom is -0.481 e. The van der Waals surface area contributed by atoms with Crippen LogP contribution in [-0.2, 0) is 56.1 Å². The van der Waals surface area contributed by atoms with Crippen LogP contribution in [0.3, 0.4) is 0 Å². The van der Waals surface area contributed by atoms with E-state index >= 15 is 0 Å². The molecule has 61 heavy (non-hydrogen) atoms. The molecule has 0 unspecified atom stereocenters. The lowest BCUT2D eigenvalue weighted by molar-refractivity contribution is -0.143. The first-order valence-electron chi connectivity index (χ1n) is 18.7. The first-order chi connectivity index (χ1) is 28.8. The van der Waals surface area contributed by atoms with Crippen LogP contribution in [0.4, 0.5) is 9.59 Å². The van der Waals surface area contributed by atoms with Gasteiger partial charge in [-0.2, -0.15) is 0 Å². The Labute approximate surface area is 358 Å². The molecule has 25 heteroatoms. The summed E-state index contributed by atoms with van der Waals surface area (Å²) < 4.78 is 4.97. The summed E-state index contributed by atoms with van der Waals surface area (Å²) in [7, 11) is 4.54. The highest BCUT2D eigenvalue weighted by Gasteiger charge is 2.31.